The second-order valence-electron chi connectivity index (χ2n) is 7.60. The van der Waals surface area contributed by atoms with Gasteiger partial charge in [-0.1, -0.05) is 12.1 Å². The number of aliphatic hydroxyl groups is 1. The Morgan fingerprint density at radius 1 is 1.11 bits per heavy atom. The lowest BCUT2D eigenvalue weighted by Crippen LogP contribution is -2.42. The molecule has 1 aromatic heterocycles. The normalized spacial score (nSPS) is 26.6. The number of aliphatic hydroxyl groups excluding tert-OH is 1. The Morgan fingerprint density at radius 3 is 2.43 bits per heavy atom. The summed E-state index contributed by atoms with van der Waals surface area (Å²) in [7, 11) is 1.60. The van der Waals surface area contributed by atoms with Gasteiger partial charge in [0.15, 0.2) is 11.5 Å². The highest BCUT2D eigenvalue weighted by atomic mass is 16.5. The summed E-state index contributed by atoms with van der Waals surface area (Å²) in [4.78, 5) is 22.9. The standard InChI is InChI=1S/C21H25N3O4/c1-13-22-9-16(10-23-13)21(26)24-11-14-7-17(25)20(8-15(14)12-24)28-19-6-4-3-5-18(19)27-2/h3-6,9-10,14-15,17,20,25H,7-8,11-12H2,1-2H3/t14-,15+,17+,20+/m0/s1. The van der Waals surface area contributed by atoms with Crippen molar-refractivity contribution < 1.29 is 19.4 Å². The molecule has 4 rings (SSSR count). The molecule has 1 amide bonds. The number of nitrogens with zero attached hydrogens (tertiary/aromatic N) is 3. The zero-order valence-corrected chi connectivity index (χ0v) is 16.1. The van der Waals surface area contributed by atoms with Crippen molar-refractivity contribution >= 4 is 5.91 Å². The number of rotatable bonds is 4. The number of fused-ring (bicyclic) bond motifs is 1. The highest BCUT2D eigenvalue weighted by Gasteiger charge is 2.44. The van der Waals surface area contributed by atoms with Crippen molar-refractivity contribution in [1.82, 2.24) is 14.9 Å². The molecule has 1 aliphatic carbocycles. The Labute approximate surface area is 164 Å². The van der Waals surface area contributed by atoms with Crippen LogP contribution in [0.25, 0.3) is 0 Å². The molecule has 2 aromatic rings. The maximum absolute atomic E-state index is 12.8. The van der Waals surface area contributed by atoms with Gasteiger partial charge in [0.05, 0.1) is 18.8 Å². The predicted molar refractivity (Wildman–Crippen MR) is 102 cm³/mol. The third-order valence-corrected chi connectivity index (χ3v) is 5.75. The van der Waals surface area contributed by atoms with E-state index in [1.54, 1.807) is 26.4 Å². The lowest BCUT2D eigenvalue weighted by molar-refractivity contribution is -0.0240. The van der Waals surface area contributed by atoms with Gasteiger partial charge in [0.2, 0.25) is 0 Å². The van der Waals surface area contributed by atoms with Gasteiger partial charge < -0.3 is 19.5 Å². The lowest BCUT2D eigenvalue weighted by Gasteiger charge is -2.35. The fourth-order valence-electron chi connectivity index (χ4n) is 4.25. The highest BCUT2D eigenvalue weighted by Crippen LogP contribution is 2.39. The van der Waals surface area contributed by atoms with Gasteiger partial charge in [-0.2, -0.15) is 0 Å². The number of carbonyl (C=O) groups excluding carboxylic acids is 1. The number of hydrogen-bond donors (Lipinski definition) is 1. The Kier molecular flexibility index (Phi) is 5.17. The van der Waals surface area contributed by atoms with Gasteiger partial charge >= 0.3 is 0 Å². The molecular formula is C21H25N3O4. The molecule has 4 atom stereocenters. The van der Waals surface area contributed by atoms with E-state index in [2.05, 4.69) is 9.97 Å². The molecule has 148 valence electrons. The molecule has 0 radical (unpaired) electrons. The summed E-state index contributed by atoms with van der Waals surface area (Å²) in [5, 5.41) is 10.6. The Bertz CT molecular complexity index is 842. The van der Waals surface area contributed by atoms with Crippen molar-refractivity contribution in [3.63, 3.8) is 0 Å². The van der Waals surface area contributed by atoms with E-state index in [1.807, 2.05) is 29.2 Å². The third-order valence-electron chi connectivity index (χ3n) is 5.75. The molecule has 28 heavy (non-hydrogen) atoms. The van der Waals surface area contributed by atoms with Crippen LogP contribution in [0.2, 0.25) is 0 Å². The number of hydrogen-bond acceptors (Lipinski definition) is 6. The van der Waals surface area contributed by atoms with E-state index in [0.29, 0.717) is 54.7 Å². The van der Waals surface area contributed by atoms with Gasteiger partial charge in [0.1, 0.15) is 11.9 Å². The summed E-state index contributed by atoms with van der Waals surface area (Å²) in [5.41, 5.74) is 0.506. The molecule has 1 saturated carbocycles. The summed E-state index contributed by atoms with van der Waals surface area (Å²) in [6.07, 6.45) is 3.61. The van der Waals surface area contributed by atoms with Crippen molar-refractivity contribution in [3.8, 4) is 11.5 Å². The lowest BCUT2D eigenvalue weighted by atomic mass is 9.78. The van der Waals surface area contributed by atoms with Crippen LogP contribution in [0.4, 0.5) is 0 Å². The zero-order valence-electron chi connectivity index (χ0n) is 16.1. The Hall–Kier alpha value is -2.67. The van der Waals surface area contributed by atoms with Crippen LogP contribution in [0.3, 0.4) is 0 Å². The maximum atomic E-state index is 12.8. The molecule has 0 spiro atoms. The van der Waals surface area contributed by atoms with Crippen molar-refractivity contribution in [1.29, 1.82) is 0 Å². The summed E-state index contributed by atoms with van der Waals surface area (Å²) in [5.74, 6) is 2.47. The van der Waals surface area contributed by atoms with E-state index in [9.17, 15) is 9.90 Å². The molecule has 1 aliphatic heterocycles. The molecule has 7 nitrogen and oxygen atoms in total. The number of benzene rings is 1. The molecule has 7 heteroatoms. The summed E-state index contributed by atoms with van der Waals surface area (Å²) in [6, 6.07) is 7.45. The van der Waals surface area contributed by atoms with Gasteiger partial charge in [-0.25, -0.2) is 9.97 Å². The van der Waals surface area contributed by atoms with E-state index in [-0.39, 0.29) is 17.9 Å². The average molecular weight is 383 g/mol. The topological polar surface area (TPSA) is 84.8 Å². The first-order chi connectivity index (χ1) is 13.5. The van der Waals surface area contributed by atoms with Crippen molar-refractivity contribution in [2.45, 2.75) is 32.0 Å². The van der Waals surface area contributed by atoms with Gasteiger partial charge in [0, 0.05) is 25.5 Å². The van der Waals surface area contributed by atoms with E-state index < -0.39 is 6.10 Å². The number of carbonyl (C=O) groups is 1. The highest BCUT2D eigenvalue weighted by molar-refractivity contribution is 5.93. The van der Waals surface area contributed by atoms with E-state index in [4.69, 9.17) is 9.47 Å². The number of methoxy groups -OCH3 is 1. The van der Waals surface area contributed by atoms with Crippen LogP contribution in [0.15, 0.2) is 36.7 Å². The number of aryl methyl sites for hydroxylation is 1. The van der Waals surface area contributed by atoms with Crippen LogP contribution < -0.4 is 9.47 Å². The fourth-order valence-corrected chi connectivity index (χ4v) is 4.25. The molecule has 2 fully saturated rings. The second kappa shape index (κ2) is 7.75. The summed E-state index contributed by atoms with van der Waals surface area (Å²) < 4.78 is 11.4. The minimum Gasteiger partial charge on any atom is -0.493 e. The van der Waals surface area contributed by atoms with Crippen molar-refractivity contribution in [2.75, 3.05) is 20.2 Å². The van der Waals surface area contributed by atoms with Crippen LogP contribution in [0, 0.1) is 18.8 Å². The predicted octanol–water partition coefficient (Wildman–Crippen LogP) is 2.08. The SMILES string of the molecule is COc1ccccc1O[C@@H]1C[C@@H]2CN(C(=O)c3cnc(C)nc3)C[C@@H]2C[C@H]1O. The second-order valence-corrected chi connectivity index (χ2v) is 7.60. The maximum Gasteiger partial charge on any atom is 0.257 e. The number of amides is 1. The quantitative estimate of drug-likeness (QED) is 0.870. The molecule has 2 aliphatic rings. The van der Waals surface area contributed by atoms with E-state index in [0.717, 1.165) is 0 Å². The fraction of sp³-hybridized carbons (Fsp3) is 0.476. The van der Waals surface area contributed by atoms with Crippen LogP contribution in [0.5, 0.6) is 11.5 Å². The minimum absolute atomic E-state index is 0.0499. The van der Waals surface area contributed by atoms with Crippen LogP contribution in [-0.4, -0.2) is 58.3 Å². The first-order valence-electron chi connectivity index (χ1n) is 9.61. The zero-order chi connectivity index (χ0) is 19.7. The molecule has 1 aromatic carbocycles. The van der Waals surface area contributed by atoms with E-state index >= 15 is 0 Å². The third kappa shape index (κ3) is 3.67. The molecule has 0 bridgehead atoms. The number of ether oxygens (including phenoxy) is 2. The molecule has 2 heterocycles. The van der Waals surface area contributed by atoms with Gasteiger partial charge in [-0.05, 0) is 43.7 Å². The summed E-state index contributed by atoms with van der Waals surface area (Å²) >= 11 is 0. The van der Waals surface area contributed by atoms with Crippen molar-refractivity contribution in [2.24, 2.45) is 11.8 Å². The largest absolute Gasteiger partial charge is 0.493 e. The molecule has 1 saturated heterocycles. The number of likely N-dealkylation sites (tertiary alicyclic amines) is 1. The summed E-state index contributed by atoms with van der Waals surface area (Å²) in [6.45, 7) is 3.10. The minimum atomic E-state index is -0.566. The first kappa shape index (κ1) is 18.7. The number of aromatic nitrogens is 2. The smallest absolute Gasteiger partial charge is 0.257 e. The van der Waals surface area contributed by atoms with Gasteiger partial charge in [-0.15, -0.1) is 0 Å². The Morgan fingerprint density at radius 2 is 1.75 bits per heavy atom. The average Bonchev–Trinajstić information content (AvgIpc) is 3.11. The van der Waals surface area contributed by atoms with Crippen LogP contribution in [-0.2, 0) is 0 Å². The Balaban J connectivity index is 1.43. The van der Waals surface area contributed by atoms with Gasteiger partial charge in [-0.3, -0.25) is 4.79 Å². The first-order valence-corrected chi connectivity index (χ1v) is 9.61. The van der Waals surface area contributed by atoms with E-state index in [1.165, 1.54) is 0 Å². The van der Waals surface area contributed by atoms with Gasteiger partial charge in [0.25, 0.3) is 5.91 Å². The molecular weight excluding hydrogens is 358 g/mol. The monoisotopic (exact) mass is 383 g/mol. The van der Waals surface area contributed by atoms with Crippen LogP contribution >= 0.6 is 0 Å². The van der Waals surface area contributed by atoms with Crippen LogP contribution in [0.1, 0.15) is 29.0 Å². The number of para-hydroxylation sites is 2. The molecule has 1 N–H and O–H groups in total. The van der Waals surface area contributed by atoms with Crippen molar-refractivity contribution in [3.05, 3.63) is 48.0 Å². The molecule has 0 unspecified atom stereocenters.